The second-order valence-electron chi connectivity index (χ2n) is 7.34. The van der Waals surface area contributed by atoms with E-state index in [1.807, 2.05) is 51.1 Å². The molecule has 1 aliphatic rings. The van der Waals surface area contributed by atoms with Gasteiger partial charge < -0.3 is 10.2 Å². The van der Waals surface area contributed by atoms with Crippen molar-refractivity contribution in [2.75, 3.05) is 0 Å². The monoisotopic (exact) mass is 322 g/mol. The maximum absolute atomic E-state index is 12.6. The summed E-state index contributed by atoms with van der Waals surface area (Å²) >= 11 is 0. The molecule has 0 aliphatic heterocycles. The standard InChI is InChI=1S/C21H22O3/c1-13-4-5-15(14-6-8-16(22)9-7-14)10-17(13)20-18(23)11-21(2,3)12-19(20)24/h4-10,22-23H,11-12H2,1-3H3. The van der Waals surface area contributed by atoms with Crippen molar-refractivity contribution in [2.45, 2.75) is 33.6 Å². The van der Waals surface area contributed by atoms with Crippen molar-refractivity contribution in [3.8, 4) is 16.9 Å². The number of aryl methyl sites for hydroxylation is 1. The first-order valence-electron chi connectivity index (χ1n) is 8.12. The number of aromatic hydroxyl groups is 1. The molecule has 0 spiro atoms. The smallest absolute Gasteiger partial charge is 0.167 e. The first kappa shape index (κ1) is 16.3. The zero-order valence-corrected chi connectivity index (χ0v) is 14.3. The van der Waals surface area contributed by atoms with Crippen molar-refractivity contribution >= 4 is 11.4 Å². The maximum Gasteiger partial charge on any atom is 0.167 e. The van der Waals surface area contributed by atoms with Crippen LogP contribution < -0.4 is 0 Å². The largest absolute Gasteiger partial charge is 0.512 e. The predicted molar refractivity (Wildman–Crippen MR) is 95.9 cm³/mol. The number of carbonyl (C=O) groups excluding carboxylic acids is 1. The van der Waals surface area contributed by atoms with Crippen molar-refractivity contribution in [3.63, 3.8) is 0 Å². The second-order valence-corrected chi connectivity index (χ2v) is 7.34. The number of allylic oxidation sites excluding steroid dienone is 2. The summed E-state index contributed by atoms with van der Waals surface area (Å²) in [5.41, 5.74) is 3.91. The van der Waals surface area contributed by atoms with E-state index in [0.717, 1.165) is 22.3 Å². The summed E-state index contributed by atoms with van der Waals surface area (Å²) in [6.07, 6.45) is 0.951. The van der Waals surface area contributed by atoms with Crippen molar-refractivity contribution in [1.29, 1.82) is 0 Å². The Labute approximate surface area is 142 Å². The van der Waals surface area contributed by atoms with E-state index >= 15 is 0 Å². The van der Waals surface area contributed by atoms with Crippen LogP contribution in [0.4, 0.5) is 0 Å². The molecule has 0 heterocycles. The molecular formula is C21H22O3. The number of Topliss-reactive ketones (excluding diaryl/α,β-unsaturated/α-hetero) is 1. The molecule has 124 valence electrons. The summed E-state index contributed by atoms with van der Waals surface area (Å²) in [5, 5.41) is 19.9. The third-order valence-corrected chi connectivity index (χ3v) is 4.56. The summed E-state index contributed by atoms with van der Waals surface area (Å²) in [6, 6.07) is 12.8. The first-order valence-corrected chi connectivity index (χ1v) is 8.12. The molecule has 24 heavy (non-hydrogen) atoms. The normalized spacial score (nSPS) is 17.2. The van der Waals surface area contributed by atoms with E-state index in [-0.39, 0.29) is 22.7 Å². The van der Waals surface area contributed by atoms with Crippen molar-refractivity contribution in [2.24, 2.45) is 5.41 Å². The molecule has 0 radical (unpaired) electrons. The van der Waals surface area contributed by atoms with Gasteiger partial charge in [0.25, 0.3) is 0 Å². The van der Waals surface area contributed by atoms with Crippen LogP contribution in [0.3, 0.4) is 0 Å². The predicted octanol–water partition coefficient (Wildman–Crippen LogP) is 5.03. The van der Waals surface area contributed by atoms with E-state index in [2.05, 4.69) is 0 Å². The Morgan fingerprint density at radius 2 is 1.54 bits per heavy atom. The van der Waals surface area contributed by atoms with Gasteiger partial charge in [0.05, 0.1) is 5.57 Å². The molecule has 0 aromatic heterocycles. The van der Waals surface area contributed by atoms with Gasteiger partial charge in [0.1, 0.15) is 11.5 Å². The number of ketones is 1. The highest BCUT2D eigenvalue weighted by molar-refractivity contribution is 6.22. The maximum atomic E-state index is 12.6. The SMILES string of the molecule is Cc1ccc(-c2ccc(O)cc2)cc1C1=C(O)CC(C)(C)CC1=O. The van der Waals surface area contributed by atoms with E-state index in [4.69, 9.17) is 0 Å². The molecular weight excluding hydrogens is 300 g/mol. The average Bonchev–Trinajstić information content (AvgIpc) is 2.48. The fourth-order valence-corrected chi connectivity index (χ4v) is 3.32. The average molecular weight is 322 g/mol. The van der Waals surface area contributed by atoms with Gasteiger partial charge in [-0.05, 0) is 52.8 Å². The Morgan fingerprint density at radius 3 is 2.17 bits per heavy atom. The minimum atomic E-state index is -0.201. The van der Waals surface area contributed by atoms with Crippen LogP contribution >= 0.6 is 0 Å². The number of phenols is 1. The minimum absolute atomic E-state index is 0.00490. The van der Waals surface area contributed by atoms with Gasteiger partial charge in [-0.1, -0.05) is 38.1 Å². The molecule has 1 aliphatic carbocycles. The molecule has 2 aromatic rings. The molecule has 0 saturated heterocycles. The lowest BCUT2D eigenvalue weighted by molar-refractivity contribution is -0.116. The van der Waals surface area contributed by atoms with Crippen LogP contribution in [0, 0.1) is 12.3 Å². The van der Waals surface area contributed by atoms with E-state index in [1.165, 1.54) is 0 Å². The topological polar surface area (TPSA) is 57.5 Å². The van der Waals surface area contributed by atoms with Crippen LogP contribution in [0.2, 0.25) is 0 Å². The summed E-state index contributed by atoms with van der Waals surface area (Å²) < 4.78 is 0. The first-order chi connectivity index (χ1) is 11.3. The highest BCUT2D eigenvalue weighted by atomic mass is 16.3. The zero-order chi connectivity index (χ0) is 17.5. The summed E-state index contributed by atoms with van der Waals surface area (Å²) in [4.78, 5) is 12.6. The summed E-state index contributed by atoms with van der Waals surface area (Å²) in [7, 11) is 0. The number of aliphatic hydroxyl groups is 1. The van der Waals surface area contributed by atoms with Crippen LogP contribution in [0.1, 0.15) is 37.8 Å². The van der Waals surface area contributed by atoms with Gasteiger partial charge in [-0.25, -0.2) is 0 Å². The number of hydrogen-bond donors (Lipinski definition) is 2. The molecule has 0 fully saturated rings. The van der Waals surface area contributed by atoms with E-state index < -0.39 is 0 Å². The summed E-state index contributed by atoms with van der Waals surface area (Å²) in [6.45, 7) is 5.94. The van der Waals surface area contributed by atoms with E-state index in [1.54, 1.807) is 12.1 Å². The second kappa shape index (κ2) is 5.82. The Morgan fingerprint density at radius 1 is 0.917 bits per heavy atom. The Bertz CT molecular complexity index is 827. The highest BCUT2D eigenvalue weighted by Gasteiger charge is 2.34. The molecule has 3 nitrogen and oxygen atoms in total. The number of phenolic OH excluding ortho intramolecular Hbond substituents is 1. The molecule has 0 unspecified atom stereocenters. The molecule has 2 aromatic carbocycles. The molecule has 0 atom stereocenters. The van der Waals surface area contributed by atoms with Gasteiger partial charge in [-0.15, -0.1) is 0 Å². The molecule has 0 amide bonds. The quantitative estimate of drug-likeness (QED) is 0.815. The Balaban J connectivity index is 2.10. The number of rotatable bonds is 2. The summed E-state index contributed by atoms with van der Waals surface area (Å²) in [5.74, 6) is 0.396. The van der Waals surface area contributed by atoms with Crippen molar-refractivity contribution in [1.82, 2.24) is 0 Å². The molecule has 3 heteroatoms. The lowest BCUT2D eigenvalue weighted by Crippen LogP contribution is -2.25. The fraction of sp³-hybridized carbons (Fsp3) is 0.286. The van der Waals surface area contributed by atoms with Gasteiger partial charge in [0, 0.05) is 12.8 Å². The highest BCUT2D eigenvalue weighted by Crippen LogP contribution is 2.40. The van der Waals surface area contributed by atoms with Gasteiger partial charge in [-0.3, -0.25) is 4.79 Å². The molecule has 0 bridgehead atoms. The van der Waals surface area contributed by atoms with Crippen LogP contribution in [0.15, 0.2) is 48.2 Å². The Kier molecular flexibility index (Phi) is 3.96. The third kappa shape index (κ3) is 3.07. The van der Waals surface area contributed by atoms with Crippen LogP contribution in [-0.4, -0.2) is 16.0 Å². The lowest BCUT2D eigenvalue weighted by atomic mass is 9.74. The number of aliphatic hydroxyl groups excluding tert-OH is 1. The van der Waals surface area contributed by atoms with Gasteiger partial charge in [0.15, 0.2) is 5.78 Å². The van der Waals surface area contributed by atoms with Gasteiger partial charge >= 0.3 is 0 Å². The van der Waals surface area contributed by atoms with Crippen LogP contribution in [0.25, 0.3) is 16.7 Å². The van der Waals surface area contributed by atoms with E-state index in [9.17, 15) is 15.0 Å². The zero-order valence-electron chi connectivity index (χ0n) is 14.3. The molecule has 2 N–H and O–H groups in total. The van der Waals surface area contributed by atoms with E-state index in [0.29, 0.717) is 18.4 Å². The fourth-order valence-electron chi connectivity index (χ4n) is 3.32. The molecule has 0 saturated carbocycles. The molecule has 3 rings (SSSR count). The van der Waals surface area contributed by atoms with Crippen molar-refractivity contribution < 1.29 is 15.0 Å². The third-order valence-electron chi connectivity index (χ3n) is 4.56. The van der Waals surface area contributed by atoms with Crippen LogP contribution in [-0.2, 0) is 4.79 Å². The number of hydrogen-bond acceptors (Lipinski definition) is 3. The lowest BCUT2D eigenvalue weighted by Gasteiger charge is -2.30. The Hall–Kier alpha value is -2.55. The minimum Gasteiger partial charge on any atom is -0.512 e. The van der Waals surface area contributed by atoms with Gasteiger partial charge in [-0.2, -0.15) is 0 Å². The number of carbonyl (C=O) groups is 1. The number of benzene rings is 2. The van der Waals surface area contributed by atoms with Crippen molar-refractivity contribution in [3.05, 3.63) is 59.4 Å². The van der Waals surface area contributed by atoms with Gasteiger partial charge in [0.2, 0.25) is 0 Å². The van der Waals surface area contributed by atoms with Crippen LogP contribution in [0.5, 0.6) is 5.75 Å².